The third kappa shape index (κ3) is 3.66. The molecule has 2 aromatic rings. The van der Waals surface area contributed by atoms with Gasteiger partial charge in [0.2, 0.25) is 5.88 Å². The highest BCUT2D eigenvalue weighted by molar-refractivity contribution is 8.18. The predicted molar refractivity (Wildman–Crippen MR) is 91.1 cm³/mol. The molecule has 0 saturated carbocycles. The van der Waals surface area contributed by atoms with Crippen LogP contribution in [0.3, 0.4) is 0 Å². The number of carbonyl (C=O) groups is 2. The van der Waals surface area contributed by atoms with Crippen LogP contribution in [0, 0.1) is 10.1 Å². The highest BCUT2D eigenvalue weighted by Crippen LogP contribution is 2.31. The zero-order valence-electron chi connectivity index (χ0n) is 12.9. The molecule has 2 heterocycles. The molecular formula is C16H11N3O5S. The van der Waals surface area contributed by atoms with Gasteiger partial charge < -0.3 is 4.74 Å². The summed E-state index contributed by atoms with van der Waals surface area (Å²) in [6.07, 6.45) is 2.74. The van der Waals surface area contributed by atoms with Gasteiger partial charge in [0.1, 0.15) is 11.9 Å². The van der Waals surface area contributed by atoms with Gasteiger partial charge in [0, 0.05) is 19.2 Å². The maximum absolute atomic E-state index is 11.8. The summed E-state index contributed by atoms with van der Waals surface area (Å²) in [5.41, 5.74) is 0.621. The molecule has 8 nitrogen and oxygen atoms in total. The molecule has 0 aliphatic carbocycles. The van der Waals surface area contributed by atoms with Gasteiger partial charge >= 0.3 is 0 Å². The van der Waals surface area contributed by atoms with Gasteiger partial charge in [-0.2, -0.15) is 0 Å². The predicted octanol–water partition coefficient (Wildman–Crippen LogP) is 3.45. The number of nitrogens with zero attached hydrogens (tertiary/aromatic N) is 3. The quantitative estimate of drug-likeness (QED) is 0.469. The SMILES string of the molecule is CN1C(=O)S/C(=C/c2ccc(Oc3ccc([N+](=O)[O-])cn3)cc2)C1=O. The molecule has 2 amide bonds. The van der Waals surface area contributed by atoms with Crippen molar-refractivity contribution in [1.82, 2.24) is 9.88 Å². The van der Waals surface area contributed by atoms with E-state index in [0.717, 1.165) is 28.4 Å². The number of hydrogen-bond acceptors (Lipinski definition) is 7. The Kier molecular flexibility index (Phi) is 4.48. The van der Waals surface area contributed by atoms with Crippen LogP contribution < -0.4 is 4.74 Å². The van der Waals surface area contributed by atoms with E-state index in [1.54, 1.807) is 30.3 Å². The lowest BCUT2D eigenvalue weighted by atomic mass is 10.2. The van der Waals surface area contributed by atoms with Crippen molar-refractivity contribution < 1.29 is 19.2 Å². The molecule has 1 aliphatic rings. The van der Waals surface area contributed by atoms with E-state index in [9.17, 15) is 19.7 Å². The Balaban J connectivity index is 1.71. The Labute approximate surface area is 146 Å². The van der Waals surface area contributed by atoms with E-state index >= 15 is 0 Å². The van der Waals surface area contributed by atoms with Crippen molar-refractivity contribution >= 4 is 34.7 Å². The molecule has 0 unspecified atom stereocenters. The maximum atomic E-state index is 11.8. The second kappa shape index (κ2) is 6.73. The van der Waals surface area contributed by atoms with Gasteiger partial charge in [-0.3, -0.25) is 24.6 Å². The zero-order valence-corrected chi connectivity index (χ0v) is 13.7. The summed E-state index contributed by atoms with van der Waals surface area (Å²) in [5, 5.41) is 10.3. The molecule has 0 N–H and O–H groups in total. The summed E-state index contributed by atoms with van der Waals surface area (Å²) >= 11 is 0.889. The molecule has 1 aromatic heterocycles. The number of rotatable bonds is 4. The standard InChI is InChI=1S/C16H11N3O5S/c1-18-15(20)13(25-16(18)21)8-10-2-5-12(6-3-10)24-14-7-4-11(9-17-14)19(22)23/h2-9H,1H3/b13-8+. The molecule has 1 saturated heterocycles. The Morgan fingerprint density at radius 2 is 1.92 bits per heavy atom. The minimum absolute atomic E-state index is 0.118. The van der Waals surface area contributed by atoms with Crippen LogP contribution in [0.2, 0.25) is 0 Å². The number of imide groups is 1. The van der Waals surface area contributed by atoms with Crippen LogP contribution in [0.5, 0.6) is 11.6 Å². The molecule has 25 heavy (non-hydrogen) atoms. The number of aromatic nitrogens is 1. The Morgan fingerprint density at radius 3 is 2.44 bits per heavy atom. The van der Waals surface area contributed by atoms with Crippen molar-refractivity contribution in [3.05, 3.63) is 63.2 Å². The Hall–Kier alpha value is -3.20. The summed E-state index contributed by atoms with van der Waals surface area (Å²) in [4.78, 5) is 38.6. The van der Waals surface area contributed by atoms with E-state index in [4.69, 9.17) is 4.74 Å². The minimum Gasteiger partial charge on any atom is -0.439 e. The average Bonchev–Trinajstić information content (AvgIpc) is 2.84. The summed E-state index contributed by atoms with van der Waals surface area (Å²) in [7, 11) is 1.44. The number of likely N-dealkylation sites (N-methyl/N-ethyl adjacent to an activating group) is 1. The molecule has 9 heteroatoms. The van der Waals surface area contributed by atoms with Crippen molar-refractivity contribution in [2.24, 2.45) is 0 Å². The maximum Gasteiger partial charge on any atom is 0.293 e. The number of pyridine rings is 1. The van der Waals surface area contributed by atoms with Crippen LogP contribution in [0.4, 0.5) is 10.5 Å². The van der Waals surface area contributed by atoms with Gasteiger partial charge in [0.05, 0.1) is 9.83 Å². The number of nitro groups is 1. The first kappa shape index (κ1) is 16.7. The molecule has 1 fully saturated rings. The third-order valence-corrected chi connectivity index (χ3v) is 4.28. The van der Waals surface area contributed by atoms with Crippen LogP contribution >= 0.6 is 11.8 Å². The first-order valence-corrected chi connectivity index (χ1v) is 7.85. The molecule has 1 aliphatic heterocycles. The van der Waals surface area contributed by atoms with Crippen molar-refractivity contribution in [3.8, 4) is 11.6 Å². The monoisotopic (exact) mass is 357 g/mol. The Bertz CT molecular complexity index is 878. The Morgan fingerprint density at radius 1 is 1.20 bits per heavy atom. The summed E-state index contributed by atoms with van der Waals surface area (Å²) in [5.74, 6) is 0.387. The third-order valence-electron chi connectivity index (χ3n) is 3.32. The fraction of sp³-hybridized carbons (Fsp3) is 0.0625. The molecule has 0 spiro atoms. The lowest BCUT2D eigenvalue weighted by molar-refractivity contribution is -0.385. The van der Waals surface area contributed by atoms with Crippen LogP contribution in [0.25, 0.3) is 6.08 Å². The summed E-state index contributed by atoms with van der Waals surface area (Å²) in [6.45, 7) is 0. The van der Waals surface area contributed by atoms with E-state index in [-0.39, 0.29) is 22.7 Å². The first-order valence-electron chi connectivity index (χ1n) is 7.04. The number of ether oxygens (including phenoxy) is 1. The molecular weight excluding hydrogens is 346 g/mol. The van der Waals surface area contributed by atoms with Gasteiger partial charge in [-0.15, -0.1) is 0 Å². The fourth-order valence-electron chi connectivity index (χ4n) is 1.99. The topological polar surface area (TPSA) is 103 Å². The van der Waals surface area contributed by atoms with E-state index in [1.807, 2.05) is 0 Å². The zero-order chi connectivity index (χ0) is 18.0. The van der Waals surface area contributed by atoms with Gasteiger partial charge in [-0.05, 0) is 35.5 Å². The van der Waals surface area contributed by atoms with Crippen molar-refractivity contribution in [1.29, 1.82) is 0 Å². The fourth-order valence-corrected chi connectivity index (χ4v) is 2.82. The molecule has 1 aromatic carbocycles. The minimum atomic E-state index is -0.538. The number of benzene rings is 1. The molecule has 3 rings (SSSR count). The average molecular weight is 357 g/mol. The van der Waals surface area contributed by atoms with Crippen LogP contribution in [-0.2, 0) is 4.79 Å². The van der Waals surface area contributed by atoms with Crippen molar-refractivity contribution in [2.45, 2.75) is 0 Å². The summed E-state index contributed by atoms with van der Waals surface area (Å²) in [6, 6.07) is 9.51. The van der Waals surface area contributed by atoms with Crippen molar-refractivity contribution in [2.75, 3.05) is 7.05 Å². The highest BCUT2D eigenvalue weighted by atomic mass is 32.2. The molecule has 0 radical (unpaired) electrons. The first-order chi connectivity index (χ1) is 11.9. The van der Waals surface area contributed by atoms with Gasteiger partial charge in [-0.25, -0.2) is 4.98 Å². The largest absolute Gasteiger partial charge is 0.439 e. The van der Waals surface area contributed by atoms with E-state index < -0.39 is 4.92 Å². The second-order valence-corrected chi connectivity index (χ2v) is 6.02. The van der Waals surface area contributed by atoms with Crippen molar-refractivity contribution in [3.63, 3.8) is 0 Å². The van der Waals surface area contributed by atoms with Crippen LogP contribution in [0.15, 0.2) is 47.5 Å². The lowest BCUT2D eigenvalue weighted by Gasteiger charge is -2.05. The van der Waals surface area contributed by atoms with Crippen LogP contribution in [-0.4, -0.2) is 33.0 Å². The lowest BCUT2D eigenvalue weighted by Crippen LogP contribution is -2.22. The molecule has 0 atom stereocenters. The van der Waals surface area contributed by atoms with E-state index in [0.29, 0.717) is 10.7 Å². The summed E-state index contributed by atoms with van der Waals surface area (Å²) < 4.78 is 5.50. The van der Waals surface area contributed by atoms with Gasteiger partial charge in [0.15, 0.2) is 0 Å². The normalized spacial score (nSPS) is 15.7. The van der Waals surface area contributed by atoms with E-state index in [2.05, 4.69) is 4.98 Å². The van der Waals surface area contributed by atoms with Gasteiger partial charge in [0.25, 0.3) is 16.8 Å². The smallest absolute Gasteiger partial charge is 0.293 e. The number of amides is 2. The number of thioether (sulfide) groups is 1. The molecule has 0 bridgehead atoms. The van der Waals surface area contributed by atoms with Gasteiger partial charge in [-0.1, -0.05) is 12.1 Å². The van der Waals surface area contributed by atoms with E-state index in [1.165, 1.54) is 19.2 Å². The number of carbonyl (C=O) groups excluding carboxylic acids is 2. The highest BCUT2D eigenvalue weighted by Gasteiger charge is 2.31. The number of hydrogen-bond donors (Lipinski definition) is 0. The second-order valence-electron chi connectivity index (χ2n) is 5.02. The molecule has 126 valence electrons. The van der Waals surface area contributed by atoms with Crippen LogP contribution in [0.1, 0.15) is 5.56 Å².